The summed E-state index contributed by atoms with van der Waals surface area (Å²) in [5.41, 5.74) is 0.336. The number of benzene rings is 1. The summed E-state index contributed by atoms with van der Waals surface area (Å²) in [7, 11) is 0. The van der Waals surface area contributed by atoms with Gasteiger partial charge in [0.1, 0.15) is 5.92 Å². The van der Waals surface area contributed by atoms with Crippen molar-refractivity contribution in [3.63, 3.8) is 0 Å². The van der Waals surface area contributed by atoms with E-state index in [0.717, 1.165) is 0 Å². The SMILES string of the molecule is CCOC(=O)C(C(=O)CC(C)C)c1ccc([N+](=O)[O-])cc1. The van der Waals surface area contributed by atoms with Crippen molar-refractivity contribution >= 4 is 17.4 Å². The van der Waals surface area contributed by atoms with Gasteiger partial charge in [-0.1, -0.05) is 26.0 Å². The summed E-state index contributed by atoms with van der Waals surface area (Å²) in [5, 5.41) is 10.6. The van der Waals surface area contributed by atoms with Crippen LogP contribution < -0.4 is 0 Å². The minimum Gasteiger partial charge on any atom is -0.465 e. The zero-order chi connectivity index (χ0) is 16.0. The van der Waals surface area contributed by atoms with Crippen LogP contribution in [0.2, 0.25) is 0 Å². The molecule has 0 spiro atoms. The van der Waals surface area contributed by atoms with Crippen LogP contribution in [-0.2, 0) is 14.3 Å². The Morgan fingerprint density at radius 1 is 1.24 bits per heavy atom. The Morgan fingerprint density at radius 3 is 2.24 bits per heavy atom. The number of ether oxygens (including phenoxy) is 1. The normalized spacial score (nSPS) is 12.0. The van der Waals surface area contributed by atoms with Crippen LogP contribution in [0.3, 0.4) is 0 Å². The first-order valence-corrected chi connectivity index (χ1v) is 6.80. The van der Waals surface area contributed by atoms with Crippen molar-refractivity contribution < 1.29 is 19.2 Å². The van der Waals surface area contributed by atoms with Crippen LogP contribution >= 0.6 is 0 Å². The smallest absolute Gasteiger partial charge is 0.321 e. The van der Waals surface area contributed by atoms with Gasteiger partial charge in [-0.2, -0.15) is 0 Å². The lowest BCUT2D eigenvalue weighted by molar-refractivity contribution is -0.384. The topological polar surface area (TPSA) is 86.5 Å². The zero-order valence-electron chi connectivity index (χ0n) is 12.4. The van der Waals surface area contributed by atoms with Crippen LogP contribution in [0.25, 0.3) is 0 Å². The third-order valence-corrected chi connectivity index (χ3v) is 2.89. The van der Waals surface area contributed by atoms with E-state index >= 15 is 0 Å². The molecule has 0 N–H and O–H groups in total. The fraction of sp³-hybridized carbons (Fsp3) is 0.467. The summed E-state index contributed by atoms with van der Waals surface area (Å²) in [6.45, 7) is 5.61. The number of Topliss-reactive ketones (excluding diaryl/α,β-unsaturated/α-hetero) is 1. The van der Waals surface area contributed by atoms with Crippen LogP contribution in [0.5, 0.6) is 0 Å². The first kappa shape index (κ1) is 16.8. The van der Waals surface area contributed by atoms with Gasteiger partial charge in [0.15, 0.2) is 5.78 Å². The van der Waals surface area contributed by atoms with Crippen molar-refractivity contribution in [3.8, 4) is 0 Å². The summed E-state index contributed by atoms with van der Waals surface area (Å²) in [5.74, 6) is -1.75. The lowest BCUT2D eigenvalue weighted by Crippen LogP contribution is -2.25. The standard InChI is InChI=1S/C15H19NO5/c1-4-21-15(18)14(13(17)9-10(2)3)11-5-7-12(8-6-11)16(19)20/h5-8,10,14H,4,9H2,1-3H3. The molecule has 0 bridgehead atoms. The lowest BCUT2D eigenvalue weighted by Gasteiger charge is -2.16. The Balaban J connectivity index is 3.08. The molecule has 0 heterocycles. The Hall–Kier alpha value is -2.24. The number of nitro groups is 1. The van der Waals surface area contributed by atoms with Gasteiger partial charge in [0.05, 0.1) is 11.5 Å². The maximum Gasteiger partial charge on any atom is 0.321 e. The highest BCUT2D eigenvalue weighted by atomic mass is 16.6. The summed E-state index contributed by atoms with van der Waals surface area (Å²) in [6.07, 6.45) is 0.250. The van der Waals surface area contributed by atoms with Crippen LogP contribution in [0.1, 0.15) is 38.7 Å². The molecule has 0 amide bonds. The number of carbonyl (C=O) groups is 2. The van der Waals surface area contributed by atoms with Gasteiger partial charge in [-0.05, 0) is 18.4 Å². The summed E-state index contributed by atoms with van der Waals surface area (Å²) in [4.78, 5) is 34.4. The highest BCUT2D eigenvalue weighted by molar-refractivity contribution is 6.04. The van der Waals surface area contributed by atoms with E-state index in [0.29, 0.717) is 5.56 Å². The Bertz CT molecular complexity index is 521. The summed E-state index contributed by atoms with van der Waals surface area (Å²) in [6, 6.07) is 5.42. The molecular weight excluding hydrogens is 274 g/mol. The Kier molecular flexibility index (Phi) is 6.02. The number of rotatable bonds is 7. The molecule has 1 unspecified atom stereocenters. The number of hydrogen-bond acceptors (Lipinski definition) is 5. The lowest BCUT2D eigenvalue weighted by atomic mass is 9.90. The van der Waals surface area contributed by atoms with E-state index in [1.807, 2.05) is 13.8 Å². The molecule has 0 saturated carbocycles. The molecule has 1 atom stereocenters. The second-order valence-electron chi connectivity index (χ2n) is 5.10. The summed E-state index contributed by atoms with van der Waals surface area (Å²) >= 11 is 0. The zero-order valence-corrected chi connectivity index (χ0v) is 12.4. The molecule has 0 aliphatic rings. The molecule has 0 aromatic heterocycles. The number of non-ortho nitro benzene ring substituents is 1. The van der Waals surface area contributed by atoms with Crippen molar-refractivity contribution in [3.05, 3.63) is 39.9 Å². The van der Waals surface area contributed by atoms with E-state index in [1.165, 1.54) is 24.3 Å². The van der Waals surface area contributed by atoms with E-state index in [1.54, 1.807) is 6.92 Å². The van der Waals surface area contributed by atoms with Crippen molar-refractivity contribution in [2.24, 2.45) is 5.92 Å². The van der Waals surface area contributed by atoms with Gasteiger partial charge < -0.3 is 4.74 Å². The van der Waals surface area contributed by atoms with E-state index in [4.69, 9.17) is 4.74 Å². The number of ketones is 1. The molecule has 1 aromatic rings. The van der Waals surface area contributed by atoms with Gasteiger partial charge >= 0.3 is 5.97 Å². The third kappa shape index (κ3) is 4.66. The Morgan fingerprint density at radius 2 is 1.81 bits per heavy atom. The molecule has 1 rings (SSSR count). The molecule has 0 aliphatic carbocycles. The van der Waals surface area contributed by atoms with Crippen molar-refractivity contribution in [1.29, 1.82) is 0 Å². The van der Waals surface area contributed by atoms with Crippen molar-refractivity contribution in [2.75, 3.05) is 6.61 Å². The maximum atomic E-state index is 12.3. The Labute approximate surface area is 123 Å². The maximum absolute atomic E-state index is 12.3. The molecule has 6 nitrogen and oxygen atoms in total. The van der Waals surface area contributed by atoms with E-state index in [9.17, 15) is 19.7 Å². The molecule has 1 aromatic carbocycles. The molecule has 21 heavy (non-hydrogen) atoms. The minimum atomic E-state index is -1.02. The first-order valence-electron chi connectivity index (χ1n) is 6.80. The van der Waals surface area contributed by atoms with Gasteiger partial charge in [0.2, 0.25) is 0 Å². The number of nitro benzene ring substituents is 1. The predicted molar refractivity (Wildman–Crippen MR) is 76.9 cm³/mol. The van der Waals surface area contributed by atoms with Crippen LogP contribution in [0, 0.1) is 16.0 Å². The second-order valence-corrected chi connectivity index (χ2v) is 5.10. The number of carbonyl (C=O) groups excluding carboxylic acids is 2. The van der Waals surface area contributed by atoms with Gasteiger partial charge in [0.25, 0.3) is 5.69 Å². The van der Waals surface area contributed by atoms with Gasteiger partial charge in [0, 0.05) is 18.6 Å². The molecule has 0 aliphatic heterocycles. The van der Waals surface area contributed by atoms with E-state index in [-0.39, 0.29) is 30.4 Å². The first-order chi connectivity index (χ1) is 9.86. The average Bonchev–Trinajstić information content (AvgIpc) is 2.38. The predicted octanol–water partition coefficient (Wildman–Crippen LogP) is 2.86. The molecule has 114 valence electrons. The highest BCUT2D eigenvalue weighted by Gasteiger charge is 2.30. The van der Waals surface area contributed by atoms with Crippen LogP contribution in [0.4, 0.5) is 5.69 Å². The molecule has 0 radical (unpaired) electrons. The number of hydrogen-bond donors (Lipinski definition) is 0. The largest absolute Gasteiger partial charge is 0.465 e. The molecule has 0 saturated heterocycles. The van der Waals surface area contributed by atoms with E-state index < -0.39 is 16.8 Å². The molecule has 0 fully saturated rings. The van der Waals surface area contributed by atoms with Crippen LogP contribution in [0.15, 0.2) is 24.3 Å². The number of nitrogens with zero attached hydrogens (tertiary/aromatic N) is 1. The monoisotopic (exact) mass is 293 g/mol. The minimum absolute atomic E-state index is 0.0855. The summed E-state index contributed by atoms with van der Waals surface area (Å²) < 4.78 is 4.95. The quantitative estimate of drug-likeness (QED) is 0.334. The average molecular weight is 293 g/mol. The van der Waals surface area contributed by atoms with Gasteiger partial charge in [-0.25, -0.2) is 0 Å². The van der Waals surface area contributed by atoms with Crippen molar-refractivity contribution in [2.45, 2.75) is 33.1 Å². The molecule has 6 heteroatoms. The number of esters is 1. The van der Waals surface area contributed by atoms with Crippen LogP contribution in [-0.4, -0.2) is 23.3 Å². The van der Waals surface area contributed by atoms with E-state index in [2.05, 4.69) is 0 Å². The van der Waals surface area contributed by atoms with Crippen molar-refractivity contribution in [1.82, 2.24) is 0 Å². The fourth-order valence-electron chi connectivity index (χ4n) is 1.99. The fourth-order valence-corrected chi connectivity index (χ4v) is 1.99. The highest BCUT2D eigenvalue weighted by Crippen LogP contribution is 2.24. The molecular formula is C15H19NO5. The van der Waals surface area contributed by atoms with Gasteiger partial charge in [-0.3, -0.25) is 19.7 Å². The second kappa shape index (κ2) is 7.52. The third-order valence-electron chi connectivity index (χ3n) is 2.89. The van der Waals surface area contributed by atoms with Gasteiger partial charge in [-0.15, -0.1) is 0 Å².